The molecule has 0 spiro atoms. The van der Waals surface area contributed by atoms with E-state index in [0.717, 1.165) is 13.0 Å². The maximum Gasteiger partial charge on any atom is 0.0445 e. The quantitative estimate of drug-likeness (QED) is 0.856. The lowest BCUT2D eigenvalue weighted by Crippen LogP contribution is -2.00. The Balaban J connectivity index is 2.14. The number of nitrogens with two attached hydrogens (primary N) is 1. The molecule has 0 saturated heterocycles. The van der Waals surface area contributed by atoms with Crippen LogP contribution >= 0.6 is 22.7 Å². The van der Waals surface area contributed by atoms with Crippen LogP contribution in [0.15, 0.2) is 24.3 Å². The van der Waals surface area contributed by atoms with Gasteiger partial charge in [-0.15, -0.1) is 22.7 Å². The van der Waals surface area contributed by atoms with Crippen molar-refractivity contribution in [1.29, 1.82) is 0 Å². The maximum atomic E-state index is 5.56. The van der Waals surface area contributed by atoms with E-state index in [0.29, 0.717) is 0 Å². The van der Waals surface area contributed by atoms with Crippen LogP contribution in [0.5, 0.6) is 0 Å². The Morgan fingerprint density at radius 2 is 1.50 bits per heavy atom. The third-order valence-corrected chi connectivity index (χ3v) is 4.94. The minimum absolute atomic E-state index is 0.742. The maximum absolute atomic E-state index is 5.56. The zero-order chi connectivity index (χ0) is 11.4. The van der Waals surface area contributed by atoms with E-state index >= 15 is 0 Å². The monoisotopic (exact) mass is 251 g/mol. The highest BCUT2D eigenvalue weighted by molar-refractivity contribution is 7.22. The molecule has 1 nitrogen and oxygen atoms in total. The highest BCUT2D eigenvalue weighted by Crippen LogP contribution is 2.34. The van der Waals surface area contributed by atoms with E-state index in [2.05, 4.69) is 31.2 Å². The molecule has 0 radical (unpaired) electrons. The zero-order valence-corrected chi connectivity index (χ0v) is 11.2. The fourth-order valence-corrected chi connectivity index (χ4v) is 3.90. The van der Waals surface area contributed by atoms with Crippen molar-refractivity contribution in [2.24, 2.45) is 5.73 Å². The van der Waals surface area contributed by atoms with Crippen LogP contribution in [0, 0.1) is 0 Å². The van der Waals surface area contributed by atoms with Gasteiger partial charge in [0.2, 0.25) is 0 Å². The van der Waals surface area contributed by atoms with Crippen LogP contribution in [0.3, 0.4) is 0 Å². The molecule has 86 valence electrons. The molecule has 0 amide bonds. The standard InChI is InChI=1S/C13H17NS2/c1-2-3-10-4-6-12(15-10)13-7-5-11(16-13)8-9-14/h4-7H,2-3,8-9,14H2,1H3. The molecule has 2 aromatic heterocycles. The van der Waals surface area contributed by atoms with E-state index in [1.807, 2.05) is 22.7 Å². The number of thiophene rings is 2. The van der Waals surface area contributed by atoms with Gasteiger partial charge in [-0.25, -0.2) is 0 Å². The minimum Gasteiger partial charge on any atom is -0.330 e. The van der Waals surface area contributed by atoms with E-state index < -0.39 is 0 Å². The molecule has 0 aliphatic rings. The summed E-state index contributed by atoms with van der Waals surface area (Å²) >= 11 is 3.79. The van der Waals surface area contributed by atoms with Crippen molar-refractivity contribution in [1.82, 2.24) is 0 Å². The fourth-order valence-electron chi connectivity index (χ4n) is 1.68. The van der Waals surface area contributed by atoms with Gasteiger partial charge in [0.15, 0.2) is 0 Å². The predicted molar refractivity (Wildman–Crippen MR) is 74.4 cm³/mol. The van der Waals surface area contributed by atoms with Crippen LogP contribution in [-0.2, 0) is 12.8 Å². The summed E-state index contributed by atoms with van der Waals surface area (Å²) in [6.45, 7) is 2.97. The summed E-state index contributed by atoms with van der Waals surface area (Å²) in [5, 5.41) is 0. The fraction of sp³-hybridized carbons (Fsp3) is 0.385. The Hall–Kier alpha value is -0.640. The average Bonchev–Trinajstić information content (AvgIpc) is 2.87. The van der Waals surface area contributed by atoms with Crippen LogP contribution in [-0.4, -0.2) is 6.54 Å². The van der Waals surface area contributed by atoms with Gasteiger partial charge < -0.3 is 5.73 Å². The summed E-state index contributed by atoms with van der Waals surface area (Å²) in [5.74, 6) is 0. The molecule has 0 saturated carbocycles. The van der Waals surface area contributed by atoms with Gasteiger partial charge >= 0.3 is 0 Å². The molecule has 2 heterocycles. The Morgan fingerprint density at radius 1 is 0.938 bits per heavy atom. The predicted octanol–water partition coefficient (Wildman–Crippen LogP) is 3.93. The summed E-state index contributed by atoms with van der Waals surface area (Å²) in [4.78, 5) is 5.67. The molecular weight excluding hydrogens is 234 g/mol. The molecule has 0 aromatic carbocycles. The smallest absolute Gasteiger partial charge is 0.0445 e. The van der Waals surface area contributed by atoms with Crippen molar-refractivity contribution in [3.8, 4) is 9.75 Å². The van der Waals surface area contributed by atoms with Gasteiger partial charge in [-0.2, -0.15) is 0 Å². The summed E-state index contributed by atoms with van der Waals surface area (Å²) in [5.41, 5.74) is 5.56. The van der Waals surface area contributed by atoms with Crippen LogP contribution in [0.1, 0.15) is 23.1 Å². The summed E-state index contributed by atoms with van der Waals surface area (Å²) in [7, 11) is 0. The summed E-state index contributed by atoms with van der Waals surface area (Å²) in [6.07, 6.45) is 3.42. The number of hydrogen-bond donors (Lipinski definition) is 1. The molecule has 0 unspecified atom stereocenters. The average molecular weight is 251 g/mol. The highest BCUT2D eigenvalue weighted by Gasteiger charge is 2.05. The van der Waals surface area contributed by atoms with Crippen LogP contribution in [0.2, 0.25) is 0 Å². The zero-order valence-electron chi connectivity index (χ0n) is 9.53. The third kappa shape index (κ3) is 2.73. The Kier molecular flexibility index (Phi) is 4.16. The van der Waals surface area contributed by atoms with Gasteiger partial charge in [0.1, 0.15) is 0 Å². The largest absolute Gasteiger partial charge is 0.330 e. The molecule has 0 aliphatic heterocycles. The van der Waals surface area contributed by atoms with Gasteiger partial charge in [0, 0.05) is 19.5 Å². The number of rotatable bonds is 5. The molecule has 0 aliphatic carbocycles. The first-order chi connectivity index (χ1) is 7.83. The molecule has 0 atom stereocenters. The molecule has 2 N–H and O–H groups in total. The van der Waals surface area contributed by atoms with Gasteiger partial charge in [-0.3, -0.25) is 0 Å². The van der Waals surface area contributed by atoms with Crippen molar-refractivity contribution >= 4 is 22.7 Å². The van der Waals surface area contributed by atoms with E-state index in [1.54, 1.807) is 0 Å². The van der Waals surface area contributed by atoms with Crippen LogP contribution in [0.4, 0.5) is 0 Å². The Morgan fingerprint density at radius 3 is 2.00 bits per heavy atom. The van der Waals surface area contributed by atoms with E-state index in [4.69, 9.17) is 5.73 Å². The SMILES string of the molecule is CCCc1ccc(-c2ccc(CCN)s2)s1. The number of hydrogen-bond acceptors (Lipinski definition) is 3. The van der Waals surface area contributed by atoms with Crippen molar-refractivity contribution in [2.45, 2.75) is 26.2 Å². The second kappa shape index (κ2) is 5.62. The Bertz CT molecular complexity index is 400. The molecule has 0 fully saturated rings. The van der Waals surface area contributed by atoms with Crippen LogP contribution in [0.25, 0.3) is 9.75 Å². The van der Waals surface area contributed by atoms with Crippen LogP contribution < -0.4 is 5.73 Å². The second-order valence-corrected chi connectivity index (χ2v) is 6.16. The summed E-state index contributed by atoms with van der Waals surface area (Å²) < 4.78 is 0. The molecule has 2 rings (SSSR count). The molecule has 3 heteroatoms. The minimum atomic E-state index is 0.742. The second-order valence-electron chi connectivity index (χ2n) is 3.82. The van der Waals surface area contributed by atoms with Crippen molar-refractivity contribution < 1.29 is 0 Å². The van der Waals surface area contributed by atoms with Crippen molar-refractivity contribution in [3.63, 3.8) is 0 Å². The van der Waals surface area contributed by atoms with E-state index in [1.165, 1.54) is 32.4 Å². The van der Waals surface area contributed by atoms with Gasteiger partial charge in [-0.05, 0) is 43.7 Å². The first kappa shape index (κ1) is 11.8. The molecular formula is C13H17NS2. The first-order valence-corrected chi connectivity index (χ1v) is 7.34. The van der Waals surface area contributed by atoms with E-state index in [9.17, 15) is 0 Å². The topological polar surface area (TPSA) is 26.0 Å². The lowest BCUT2D eigenvalue weighted by Gasteiger charge is -1.92. The number of aryl methyl sites for hydroxylation is 1. The van der Waals surface area contributed by atoms with Gasteiger partial charge in [0.05, 0.1) is 0 Å². The molecule has 2 aromatic rings. The molecule has 0 bridgehead atoms. The summed E-state index contributed by atoms with van der Waals surface area (Å²) in [6, 6.07) is 8.92. The Labute approximate surface area is 105 Å². The highest BCUT2D eigenvalue weighted by atomic mass is 32.1. The lowest BCUT2D eigenvalue weighted by atomic mass is 10.3. The van der Waals surface area contributed by atoms with Crippen molar-refractivity contribution in [3.05, 3.63) is 34.0 Å². The van der Waals surface area contributed by atoms with E-state index in [-0.39, 0.29) is 0 Å². The van der Waals surface area contributed by atoms with Crippen molar-refractivity contribution in [2.75, 3.05) is 6.54 Å². The molecule has 16 heavy (non-hydrogen) atoms. The van der Waals surface area contributed by atoms with Gasteiger partial charge in [0.25, 0.3) is 0 Å². The lowest BCUT2D eigenvalue weighted by molar-refractivity contribution is 0.940. The first-order valence-electron chi connectivity index (χ1n) is 5.71. The third-order valence-electron chi connectivity index (χ3n) is 2.45. The normalized spacial score (nSPS) is 10.9. The van der Waals surface area contributed by atoms with Gasteiger partial charge in [-0.1, -0.05) is 13.3 Å².